The first-order chi connectivity index (χ1) is 19.4. The van der Waals surface area contributed by atoms with Crippen LogP contribution in [0.3, 0.4) is 0 Å². The predicted octanol–water partition coefficient (Wildman–Crippen LogP) is 6.35. The zero-order chi connectivity index (χ0) is 27.7. The molecule has 1 fully saturated rings. The highest BCUT2D eigenvalue weighted by molar-refractivity contribution is 6.14. The van der Waals surface area contributed by atoms with E-state index in [1.165, 1.54) is 12.1 Å². The molecule has 0 N–H and O–H groups in total. The average molecular weight is 535 g/mol. The second kappa shape index (κ2) is 10.5. The maximum absolute atomic E-state index is 13.2. The number of pyridine rings is 1. The molecule has 1 aromatic heterocycles. The van der Waals surface area contributed by atoms with Crippen LogP contribution in [-0.2, 0) is 22.4 Å². The number of halogens is 1. The number of ether oxygens (including phenoxy) is 2. The molecule has 0 saturated heterocycles. The van der Waals surface area contributed by atoms with Gasteiger partial charge in [-0.15, -0.1) is 0 Å². The number of carbonyl (C=O) groups excluding carboxylic acids is 2. The topological polar surface area (TPSA) is 77.9 Å². The van der Waals surface area contributed by atoms with Crippen molar-refractivity contribution in [1.29, 1.82) is 0 Å². The van der Waals surface area contributed by atoms with E-state index in [1.54, 1.807) is 25.4 Å². The van der Waals surface area contributed by atoms with Gasteiger partial charge >= 0.3 is 0 Å². The van der Waals surface area contributed by atoms with Crippen LogP contribution in [0.4, 0.5) is 4.39 Å². The Labute approximate surface area is 231 Å². The SMILES string of the molecule is COc1cc2nccc(Oc3ccc(CC(=O)C4(C(=O)Cc5ccc(F)cc5)CC4)cc3)c2cc1C1=CCN=C1. The summed E-state index contributed by atoms with van der Waals surface area (Å²) in [7, 11) is 1.64. The Bertz CT molecular complexity index is 1670. The number of hydrogen-bond donors (Lipinski definition) is 0. The van der Waals surface area contributed by atoms with Gasteiger partial charge in [0, 0.05) is 47.8 Å². The molecule has 0 amide bonds. The van der Waals surface area contributed by atoms with E-state index in [1.807, 2.05) is 54.8 Å². The Morgan fingerprint density at radius 1 is 0.900 bits per heavy atom. The smallest absolute Gasteiger partial charge is 0.150 e. The van der Waals surface area contributed by atoms with Crippen LogP contribution in [0.5, 0.6) is 17.2 Å². The van der Waals surface area contributed by atoms with E-state index >= 15 is 0 Å². The van der Waals surface area contributed by atoms with Crippen molar-refractivity contribution in [3.8, 4) is 17.2 Å². The minimum Gasteiger partial charge on any atom is -0.496 e. The van der Waals surface area contributed by atoms with Gasteiger partial charge in [-0.25, -0.2) is 4.39 Å². The van der Waals surface area contributed by atoms with Gasteiger partial charge in [-0.05, 0) is 60.4 Å². The third-order valence-corrected chi connectivity index (χ3v) is 7.59. The molecule has 40 heavy (non-hydrogen) atoms. The fourth-order valence-electron chi connectivity index (χ4n) is 5.12. The number of benzene rings is 3. The number of Topliss-reactive ketones (excluding diaryl/α,β-unsaturated/α-hetero) is 2. The molecule has 6 rings (SSSR count). The first-order valence-electron chi connectivity index (χ1n) is 13.2. The summed E-state index contributed by atoms with van der Waals surface area (Å²) < 4.78 is 25.0. The number of fused-ring (bicyclic) bond motifs is 1. The molecule has 0 radical (unpaired) electrons. The molecule has 2 aliphatic rings. The van der Waals surface area contributed by atoms with Gasteiger partial charge in [0.1, 0.15) is 23.1 Å². The van der Waals surface area contributed by atoms with Gasteiger partial charge in [-0.3, -0.25) is 19.6 Å². The molecule has 2 heterocycles. The molecule has 1 saturated carbocycles. The fourth-order valence-corrected chi connectivity index (χ4v) is 5.12. The third-order valence-electron chi connectivity index (χ3n) is 7.59. The van der Waals surface area contributed by atoms with Crippen LogP contribution in [0.25, 0.3) is 16.5 Å². The van der Waals surface area contributed by atoms with E-state index in [4.69, 9.17) is 9.47 Å². The maximum atomic E-state index is 13.2. The molecule has 0 spiro atoms. The molecule has 3 aromatic carbocycles. The summed E-state index contributed by atoms with van der Waals surface area (Å²) in [5.41, 5.74) is 3.28. The number of rotatable bonds is 10. The quantitative estimate of drug-likeness (QED) is 0.222. The zero-order valence-electron chi connectivity index (χ0n) is 22.0. The lowest BCUT2D eigenvalue weighted by Gasteiger charge is -2.14. The summed E-state index contributed by atoms with van der Waals surface area (Å²) in [5, 5.41) is 0.842. The molecule has 1 aliphatic carbocycles. The van der Waals surface area contributed by atoms with Gasteiger partial charge in [-0.1, -0.05) is 30.3 Å². The lowest BCUT2D eigenvalue weighted by Crippen LogP contribution is -2.28. The highest BCUT2D eigenvalue weighted by Crippen LogP contribution is 2.49. The van der Waals surface area contributed by atoms with Gasteiger partial charge in [0.2, 0.25) is 0 Å². The predicted molar refractivity (Wildman–Crippen MR) is 152 cm³/mol. The third kappa shape index (κ3) is 5.02. The summed E-state index contributed by atoms with van der Waals surface area (Å²) in [5.74, 6) is 1.48. The van der Waals surface area contributed by atoms with Crippen molar-refractivity contribution in [3.05, 3.63) is 102 Å². The van der Waals surface area contributed by atoms with E-state index < -0.39 is 5.41 Å². The minimum atomic E-state index is -0.919. The maximum Gasteiger partial charge on any atom is 0.150 e. The fraction of sp³-hybridized carbons (Fsp3) is 0.212. The highest BCUT2D eigenvalue weighted by atomic mass is 19.1. The lowest BCUT2D eigenvalue weighted by atomic mass is 9.88. The van der Waals surface area contributed by atoms with Gasteiger partial charge < -0.3 is 9.47 Å². The van der Waals surface area contributed by atoms with E-state index in [0.29, 0.717) is 36.4 Å². The molecule has 4 aromatic rings. The molecule has 0 bridgehead atoms. The van der Waals surface area contributed by atoms with Crippen LogP contribution in [0.1, 0.15) is 29.5 Å². The van der Waals surface area contributed by atoms with Crippen LogP contribution in [0, 0.1) is 11.2 Å². The summed E-state index contributed by atoms with van der Waals surface area (Å²) in [6.45, 7) is 0.644. The highest BCUT2D eigenvalue weighted by Gasteiger charge is 2.54. The van der Waals surface area contributed by atoms with E-state index in [0.717, 1.165) is 33.4 Å². The Kier molecular flexibility index (Phi) is 6.72. The van der Waals surface area contributed by atoms with Crippen molar-refractivity contribution >= 4 is 34.3 Å². The van der Waals surface area contributed by atoms with E-state index in [-0.39, 0.29) is 30.2 Å². The number of methoxy groups -OCH3 is 1. The monoisotopic (exact) mass is 534 g/mol. The normalized spacial score (nSPS) is 15.1. The van der Waals surface area contributed by atoms with Gasteiger partial charge in [0.05, 0.1) is 24.6 Å². The summed E-state index contributed by atoms with van der Waals surface area (Å²) in [6.07, 6.45) is 7.02. The first kappa shape index (κ1) is 25.6. The Morgan fingerprint density at radius 2 is 1.57 bits per heavy atom. The Morgan fingerprint density at radius 3 is 2.17 bits per heavy atom. The minimum absolute atomic E-state index is 0.0698. The second-order valence-electron chi connectivity index (χ2n) is 10.2. The molecular formula is C33H27FN2O4. The van der Waals surface area contributed by atoms with Crippen LogP contribution < -0.4 is 9.47 Å². The van der Waals surface area contributed by atoms with E-state index in [2.05, 4.69) is 9.98 Å². The number of allylic oxidation sites excluding steroid dienone is 1. The van der Waals surface area contributed by atoms with Gasteiger partial charge in [-0.2, -0.15) is 0 Å². The number of nitrogens with zero attached hydrogens (tertiary/aromatic N) is 2. The Balaban J connectivity index is 1.16. The van der Waals surface area contributed by atoms with Crippen molar-refractivity contribution in [3.63, 3.8) is 0 Å². The van der Waals surface area contributed by atoms with Crippen molar-refractivity contribution in [1.82, 2.24) is 4.98 Å². The largest absolute Gasteiger partial charge is 0.496 e. The molecule has 0 atom stereocenters. The molecular weight excluding hydrogens is 507 g/mol. The lowest BCUT2D eigenvalue weighted by molar-refractivity contribution is -0.133. The molecule has 6 nitrogen and oxygen atoms in total. The average Bonchev–Trinajstić information content (AvgIpc) is 3.62. The zero-order valence-corrected chi connectivity index (χ0v) is 22.0. The molecule has 200 valence electrons. The number of aromatic nitrogens is 1. The van der Waals surface area contributed by atoms with Crippen molar-refractivity contribution < 1.29 is 23.5 Å². The van der Waals surface area contributed by atoms with Crippen LogP contribution >= 0.6 is 0 Å². The van der Waals surface area contributed by atoms with Crippen LogP contribution in [0.15, 0.2) is 84.0 Å². The van der Waals surface area contributed by atoms with Crippen molar-refractivity contribution in [2.24, 2.45) is 10.4 Å². The van der Waals surface area contributed by atoms with Crippen LogP contribution in [-0.4, -0.2) is 36.4 Å². The molecule has 1 aliphatic heterocycles. The molecule has 0 unspecified atom stereocenters. The van der Waals surface area contributed by atoms with E-state index in [9.17, 15) is 14.0 Å². The standard InChI is InChI=1S/C33H27FN2O4/c1-39-30-19-28-27(18-26(30)23-10-14-35-20-23)29(11-15-36-28)40-25-8-4-22(5-9-25)17-32(38)33(12-13-33)31(37)16-21-2-6-24(34)7-3-21/h2-11,15,18-20H,12-14,16-17H2,1H3. The summed E-state index contributed by atoms with van der Waals surface area (Å²) in [6, 6.07) is 18.9. The first-order valence-corrected chi connectivity index (χ1v) is 13.2. The van der Waals surface area contributed by atoms with Crippen molar-refractivity contribution in [2.75, 3.05) is 13.7 Å². The van der Waals surface area contributed by atoms with Crippen LogP contribution in [0.2, 0.25) is 0 Å². The number of ketones is 2. The summed E-state index contributed by atoms with van der Waals surface area (Å²) in [4.78, 5) is 34.9. The summed E-state index contributed by atoms with van der Waals surface area (Å²) >= 11 is 0. The van der Waals surface area contributed by atoms with Gasteiger partial charge in [0.25, 0.3) is 0 Å². The van der Waals surface area contributed by atoms with Crippen molar-refractivity contribution in [2.45, 2.75) is 25.7 Å². The number of aliphatic imine (C=N–C) groups is 1. The number of carbonyl (C=O) groups is 2. The number of hydrogen-bond acceptors (Lipinski definition) is 6. The second-order valence-corrected chi connectivity index (χ2v) is 10.2. The molecule has 7 heteroatoms. The van der Waals surface area contributed by atoms with Gasteiger partial charge in [0.15, 0.2) is 11.6 Å². The Hall–Kier alpha value is -4.65.